The Bertz CT molecular complexity index is 856. The third-order valence-corrected chi connectivity index (χ3v) is 5.32. The lowest BCUT2D eigenvalue weighted by atomic mass is 10.0. The number of likely N-dealkylation sites (tertiary alicyclic amines) is 1. The van der Waals surface area contributed by atoms with Crippen LogP contribution in [0.4, 0.5) is 0 Å². The van der Waals surface area contributed by atoms with E-state index in [0.717, 1.165) is 56.3 Å². The molecular formula is C26H36N4O3. The largest absolute Gasteiger partial charge is 0.467 e. The number of carbonyl (C=O) groups excluding carboxylic acids is 2. The van der Waals surface area contributed by atoms with Gasteiger partial charge in [0.1, 0.15) is 17.7 Å². The topological polar surface area (TPSA) is 83.0 Å². The lowest BCUT2D eigenvalue weighted by Gasteiger charge is -2.29. The molecule has 1 saturated heterocycles. The molecule has 1 aliphatic heterocycles. The first-order valence-corrected chi connectivity index (χ1v) is 11.6. The summed E-state index contributed by atoms with van der Waals surface area (Å²) in [4.78, 5) is 29.2. The number of aldehydes is 1. The molecule has 0 aromatic heterocycles. The first kappa shape index (κ1) is 25.9. The molecule has 1 aromatic rings. The zero-order valence-electron chi connectivity index (χ0n) is 19.8. The van der Waals surface area contributed by atoms with Gasteiger partial charge in [-0.25, -0.2) is 0 Å². The Labute approximate surface area is 197 Å². The standard InChI is InChI=1S/C26H36N4O3/c1-4-11-24(23-12-7-5-8-13-23)19-33-22(3)21(2)29-25(18-28-20-27-14-17-31)26(32)30-15-9-6-10-16-30/h5,7-8,12-13,17-21,29H,3-4,6,9-11,14-16H2,1-2H3,(H,27,28)/b24-19+,25-18+. The van der Waals surface area contributed by atoms with E-state index in [4.69, 9.17) is 4.74 Å². The van der Waals surface area contributed by atoms with Gasteiger partial charge in [0.05, 0.1) is 25.2 Å². The summed E-state index contributed by atoms with van der Waals surface area (Å²) in [7, 11) is 0. The summed E-state index contributed by atoms with van der Waals surface area (Å²) >= 11 is 0. The van der Waals surface area contributed by atoms with Gasteiger partial charge >= 0.3 is 0 Å². The number of aliphatic imine (C=N–C) groups is 1. The van der Waals surface area contributed by atoms with Crippen molar-refractivity contribution < 1.29 is 14.3 Å². The summed E-state index contributed by atoms with van der Waals surface area (Å²) in [6, 6.07) is 9.81. The van der Waals surface area contributed by atoms with E-state index in [1.807, 2.05) is 30.0 Å². The molecule has 0 saturated carbocycles. The van der Waals surface area contributed by atoms with Crippen LogP contribution in [0.5, 0.6) is 0 Å². The van der Waals surface area contributed by atoms with Crippen molar-refractivity contribution in [3.8, 4) is 0 Å². The van der Waals surface area contributed by atoms with Crippen LogP contribution in [0.15, 0.2) is 65.8 Å². The summed E-state index contributed by atoms with van der Waals surface area (Å²) in [5, 5.41) is 6.09. The van der Waals surface area contributed by atoms with Crippen LogP contribution in [0.1, 0.15) is 51.5 Å². The highest BCUT2D eigenvalue weighted by Gasteiger charge is 2.22. The van der Waals surface area contributed by atoms with Gasteiger partial charge in [0, 0.05) is 19.3 Å². The van der Waals surface area contributed by atoms with Gasteiger partial charge in [0.2, 0.25) is 0 Å². The molecule has 2 N–H and O–H groups in total. The third-order valence-electron chi connectivity index (χ3n) is 5.32. The van der Waals surface area contributed by atoms with E-state index in [0.29, 0.717) is 17.7 Å². The first-order chi connectivity index (χ1) is 16.1. The summed E-state index contributed by atoms with van der Waals surface area (Å²) in [5.74, 6) is 0.420. The van der Waals surface area contributed by atoms with Crippen LogP contribution in [0, 0.1) is 0 Å². The van der Waals surface area contributed by atoms with Crippen molar-refractivity contribution in [2.24, 2.45) is 4.99 Å². The maximum absolute atomic E-state index is 13.1. The van der Waals surface area contributed by atoms with E-state index in [1.165, 1.54) is 6.34 Å². The number of hydrogen-bond donors (Lipinski definition) is 2. The van der Waals surface area contributed by atoms with Crippen molar-refractivity contribution in [3.63, 3.8) is 0 Å². The molecule has 7 heteroatoms. The van der Waals surface area contributed by atoms with E-state index in [1.54, 1.807) is 12.5 Å². The zero-order valence-corrected chi connectivity index (χ0v) is 19.8. The number of rotatable bonds is 13. The fraction of sp³-hybridized carbons (Fsp3) is 0.423. The Morgan fingerprint density at radius 3 is 2.64 bits per heavy atom. The van der Waals surface area contributed by atoms with E-state index in [-0.39, 0.29) is 18.5 Å². The Kier molecular flexibility index (Phi) is 11.5. The average molecular weight is 453 g/mol. The lowest BCUT2D eigenvalue weighted by molar-refractivity contribution is -0.128. The molecule has 1 amide bonds. The molecule has 0 bridgehead atoms. The van der Waals surface area contributed by atoms with Crippen molar-refractivity contribution in [2.75, 3.05) is 19.6 Å². The highest BCUT2D eigenvalue weighted by Crippen LogP contribution is 2.21. The number of ether oxygens (including phenoxy) is 1. The van der Waals surface area contributed by atoms with Crippen molar-refractivity contribution in [3.05, 3.63) is 66.4 Å². The molecule has 1 atom stereocenters. The van der Waals surface area contributed by atoms with Crippen molar-refractivity contribution in [1.82, 2.24) is 15.5 Å². The minimum absolute atomic E-state index is 0.0680. The monoisotopic (exact) mass is 452 g/mol. The van der Waals surface area contributed by atoms with Gasteiger partial charge in [-0.2, -0.15) is 0 Å². The minimum Gasteiger partial charge on any atom is -0.467 e. The van der Waals surface area contributed by atoms with Crippen molar-refractivity contribution >= 4 is 24.1 Å². The molecule has 0 radical (unpaired) electrons. The van der Waals surface area contributed by atoms with Crippen LogP contribution in [0.25, 0.3) is 5.57 Å². The van der Waals surface area contributed by atoms with E-state index < -0.39 is 0 Å². The molecule has 178 valence electrons. The summed E-state index contributed by atoms with van der Waals surface area (Å²) < 4.78 is 5.90. The van der Waals surface area contributed by atoms with Gasteiger partial charge < -0.3 is 25.1 Å². The van der Waals surface area contributed by atoms with Gasteiger partial charge in [-0.15, -0.1) is 0 Å². The molecule has 1 aromatic carbocycles. The SMILES string of the molecule is C=C(O/C=C(\CCC)c1ccccc1)C(C)N/C(=C/NC=NCC=O)C(=O)N1CCCCC1. The highest BCUT2D eigenvalue weighted by atomic mass is 16.5. The number of piperidine rings is 1. The fourth-order valence-corrected chi connectivity index (χ4v) is 3.46. The quantitative estimate of drug-likeness (QED) is 0.155. The average Bonchev–Trinajstić information content (AvgIpc) is 2.86. The van der Waals surface area contributed by atoms with Crippen LogP contribution < -0.4 is 10.6 Å². The number of amides is 1. The second-order valence-electron chi connectivity index (χ2n) is 7.95. The lowest BCUT2D eigenvalue weighted by Crippen LogP contribution is -2.42. The molecule has 33 heavy (non-hydrogen) atoms. The summed E-state index contributed by atoms with van der Waals surface area (Å²) in [6.07, 6.45) is 10.5. The van der Waals surface area contributed by atoms with Gasteiger partial charge in [0.25, 0.3) is 5.91 Å². The molecular weight excluding hydrogens is 416 g/mol. The number of benzene rings is 1. The third kappa shape index (κ3) is 8.96. The number of hydrogen-bond acceptors (Lipinski definition) is 5. The van der Waals surface area contributed by atoms with Crippen molar-refractivity contribution in [2.45, 2.75) is 52.0 Å². The second-order valence-corrected chi connectivity index (χ2v) is 7.95. The fourth-order valence-electron chi connectivity index (χ4n) is 3.46. The Morgan fingerprint density at radius 2 is 1.97 bits per heavy atom. The molecule has 1 fully saturated rings. The maximum Gasteiger partial charge on any atom is 0.271 e. The van der Waals surface area contributed by atoms with Gasteiger partial charge in [-0.3, -0.25) is 9.79 Å². The Morgan fingerprint density at radius 1 is 1.24 bits per heavy atom. The maximum atomic E-state index is 13.1. The van der Waals surface area contributed by atoms with Crippen LogP contribution >= 0.6 is 0 Å². The molecule has 2 rings (SSSR count). The minimum atomic E-state index is -0.311. The predicted octanol–water partition coefficient (Wildman–Crippen LogP) is 4.01. The molecule has 0 aliphatic carbocycles. The molecule has 7 nitrogen and oxygen atoms in total. The second kappa shape index (κ2) is 14.7. The smallest absolute Gasteiger partial charge is 0.271 e. The number of carbonyl (C=O) groups is 2. The van der Waals surface area contributed by atoms with Gasteiger partial charge in [0.15, 0.2) is 0 Å². The van der Waals surface area contributed by atoms with E-state index >= 15 is 0 Å². The number of nitrogens with zero attached hydrogens (tertiary/aromatic N) is 2. The van der Waals surface area contributed by atoms with E-state index in [2.05, 4.69) is 41.3 Å². The molecule has 1 aliphatic rings. The van der Waals surface area contributed by atoms with Crippen molar-refractivity contribution in [1.29, 1.82) is 0 Å². The van der Waals surface area contributed by atoms with Gasteiger partial charge in [-0.05, 0) is 43.7 Å². The molecule has 1 heterocycles. The highest BCUT2D eigenvalue weighted by molar-refractivity contribution is 5.93. The van der Waals surface area contributed by atoms with Crippen LogP contribution in [-0.4, -0.2) is 49.1 Å². The van der Waals surface area contributed by atoms with Crippen LogP contribution in [0.3, 0.4) is 0 Å². The zero-order chi connectivity index (χ0) is 23.9. The Balaban J connectivity index is 2.08. The van der Waals surface area contributed by atoms with Crippen LogP contribution in [0.2, 0.25) is 0 Å². The molecule has 1 unspecified atom stereocenters. The summed E-state index contributed by atoms with van der Waals surface area (Å²) in [6.45, 7) is 9.63. The normalized spacial score (nSPS) is 15.8. The van der Waals surface area contributed by atoms with Crippen LogP contribution in [-0.2, 0) is 14.3 Å². The first-order valence-electron chi connectivity index (χ1n) is 11.6. The van der Waals surface area contributed by atoms with E-state index in [9.17, 15) is 9.59 Å². The number of nitrogens with one attached hydrogen (secondary N) is 2. The number of allylic oxidation sites excluding steroid dienone is 1. The Hall–Kier alpha value is -3.35. The predicted molar refractivity (Wildman–Crippen MR) is 133 cm³/mol. The van der Waals surface area contributed by atoms with Gasteiger partial charge in [-0.1, -0.05) is 50.3 Å². The molecule has 0 spiro atoms. The summed E-state index contributed by atoms with van der Waals surface area (Å²) in [5.41, 5.74) is 2.61.